The smallest absolute Gasteiger partial charge is 0.257 e. The van der Waals surface area contributed by atoms with E-state index in [0.717, 1.165) is 0 Å². The molecule has 0 saturated carbocycles. The first kappa shape index (κ1) is 13.1. The minimum absolute atomic E-state index is 0.116. The molecule has 1 amide bonds. The number of phenols is 1. The number of aromatic nitrogens is 2. The SMILES string of the molecule is Cc1c(O)cccc1C(=O)Nc1ccnn1C(C)C. The number of hydrogen-bond donors (Lipinski definition) is 2. The second-order valence-electron chi connectivity index (χ2n) is 4.66. The molecule has 2 rings (SSSR count). The lowest BCUT2D eigenvalue weighted by molar-refractivity contribution is 0.102. The largest absolute Gasteiger partial charge is 0.508 e. The Balaban J connectivity index is 2.26. The van der Waals surface area contributed by atoms with Gasteiger partial charge in [-0.2, -0.15) is 5.10 Å². The fourth-order valence-electron chi connectivity index (χ4n) is 1.88. The lowest BCUT2D eigenvalue weighted by atomic mass is 10.1. The maximum absolute atomic E-state index is 12.2. The summed E-state index contributed by atoms with van der Waals surface area (Å²) in [6.07, 6.45) is 1.64. The molecule has 1 aromatic heterocycles. The predicted octanol–water partition coefficient (Wildman–Crippen LogP) is 2.73. The molecule has 1 aromatic carbocycles. The fraction of sp³-hybridized carbons (Fsp3) is 0.286. The van der Waals surface area contributed by atoms with E-state index < -0.39 is 0 Å². The van der Waals surface area contributed by atoms with Crippen LogP contribution >= 0.6 is 0 Å². The van der Waals surface area contributed by atoms with E-state index in [1.807, 2.05) is 13.8 Å². The van der Waals surface area contributed by atoms with E-state index in [-0.39, 0.29) is 17.7 Å². The Hall–Kier alpha value is -2.30. The quantitative estimate of drug-likeness (QED) is 0.890. The predicted molar refractivity (Wildman–Crippen MR) is 73.4 cm³/mol. The van der Waals surface area contributed by atoms with Crippen molar-refractivity contribution in [3.05, 3.63) is 41.6 Å². The number of phenolic OH excluding ortho intramolecular Hbond substituents is 1. The topological polar surface area (TPSA) is 67.2 Å². The maximum Gasteiger partial charge on any atom is 0.257 e. The van der Waals surface area contributed by atoms with E-state index in [9.17, 15) is 9.90 Å². The second-order valence-corrected chi connectivity index (χ2v) is 4.66. The van der Waals surface area contributed by atoms with Crippen molar-refractivity contribution >= 4 is 11.7 Å². The molecule has 1 heterocycles. The van der Waals surface area contributed by atoms with Gasteiger partial charge in [-0.25, -0.2) is 4.68 Å². The molecular formula is C14H17N3O2. The van der Waals surface area contributed by atoms with Crippen molar-refractivity contribution in [1.29, 1.82) is 0 Å². The van der Waals surface area contributed by atoms with E-state index in [4.69, 9.17) is 0 Å². The van der Waals surface area contributed by atoms with Crippen LogP contribution in [0.25, 0.3) is 0 Å². The van der Waals surface area contributed by atoms with Crippen LogP contribution in [0.15, 0.2) is 30.5 Å². The second kappa shape index (κ2) is 5.14. The Morgan fingerprint density at radius 2 is 2.11 bits per heavy atom. The van der Waals surface area contributed by atoms with E-state index in [1.54, 1.807) is 42.1 Å². The Morgan fingerprint density at radius 3 is 2.79 bits per heavy atom. The molecule has 0 spiro atoms. The summed E-state index contributed by atoms with van der Waals surface area (Å²) < 4.78 is 1.73. The van der Waals surface area contributed by atoms with Gasteiger partial charge in [0.15, 0.2) is 0 Å². The van der Waals surface area contributed by atoms with E-state index in [1.165, 1.54) is 0 Å². The normalized spacial score (nSPS) is 10.7. The summed E-state index contributed by atoms with van der Waals surface area (Å²) in [5.41, 5.74) is 1.02. The number of benzene rings is 1. The standard InChI is InChI=1S/C14H17N3O2/c1-9(2)17-13(7-8-15-17)16-14(19)11-5-4-6-12(18)10(11)3/h4-9,18H,1-3H3,(H,16,19). The van der Waals surface area contributed by atoms with Crippen molar-refractivity contribution in [3.8, 4) is 5.75 Å². The number of nitrogens with one attached hydrogen (secondary N) is 1. The monoisotopic (exact) mass is 259 g/mol. The van der Waals surface area contributed by atoms with Gasteiger partial charge in [0.1, 0.15) is 11.6 Å². The Bertz CT molecular complexity index is 602. The number of carbonyl (C=O) groups excluding carboxylic acids is 1. The number of nitrogens with zero attached hydrogens (tertiary/aromatic N) is 2. The summed E-state index contributed by atoms with van der Waals surface area (Å²) in [5.74, 6) is 0.503. The van der Waals surface area contributed by atoms with Crippen molar-refractivity contribution in [2.75, 3.05) is 5.32 Å². The summed E-state index contributed by atoms with van der Waals surface area (Å²) in [7, 11) is 0. The maximum atomic E-state index is 12.2. The average Bonchev–Trinajstić information content (AvgIpc) is 2.80. The molecule has 5 nitrogen and oxygen atoms in total. The molecule has 2 aromatic rings. The summed E-state index contributed by atoms with van der Waals surface area (Å²) >= 11 is 0. The van der Waals surface area contributed by atoms with Gasteiger partial charge in [-0.15, -0.1) is 0 Å². The summed E-state index contributed by atoms with van der Waals surface area (Å²) in [4.78, 5) is 12.2. The number of anilines is 1. The van der Waals surface area contributed by atoms with Crippen LogP contribution in [0.1, 0.15) is 35.8 Å². The molecule has 0 fully saturated rings. The first-order chi connectivity index (χ1) is 9.00. The molecule has 0 saturated heterocycles. The Morgan fingerprint density at radius 1 is 1.37 bits per heavy atom. The molecule has 0 bridgehead atoms. The third-order valence-corrected chi connectivity index (χ3v) is 2.95. The Kier molecular flexibility index (Phi) is 3.55. The van der Waals surface area contributed by atoms with Crippen molar-refractivity contribution in [3.63, 3.8) is 0 Å². The number of hydrogen-bond acceptors (Lipinski definition) is 3. The van der Waals surface area contributed by atoms with Crippen LogP contribution in [-0.4, -0.2) is 20.8 Å². The molecule has 0 aliphatic heterocycles. The number of carbonyl (C=O) groups is 1. The molecule has 5 heteroatoms. The molecule has 0 aliphatic carbocycles. The van der Waals surface area contributed by atoms with Gasteiger partial charge in [-0.3, -0.25) is 4.79 Å². The minimum atomic E-state index is -0.254. The van der Waals surface area contributed by atoms with Crippen molar-refractivity contribution in [2.45, 2.75) is 26.8 Å². The summed E-state index contributed by atoms with van der Waals surface area (Å²) in [5, 5.41) is 16.6. The lowest BCUT2D eigenvalue weighted by Crippen LogP contribution is -2.17. The van der Waals surface area contributed by atoms with Crippen LogP contribution in [-0.2, 0) is 0 Å². The van der Waals surface area contributed by atoms with Crippen molar-refractivity contribution < 1.29 is 9.90 Å². The van der Waals surface area contributed by atoms with Gasteiger partial charge in [0.25, 0.3) is 5.91 Å². The van der Waals surface area contributed by atoms with Gasteiger partial charge < -0.3 is 10.4 Å². The van der Waals surface area contributed by atoms with E-state index >= 15 is 0 Å². The van der Waals surface area contributed by atoms with Gasteiger partial charge in [0, 0.05) is 23.2 Å². The molecular weight excluding hydrogens is 242 g/mol. The van der Waals surface area contributed by atoms with Crippen LogP contribution in [0.3, 0.4) is 0 Å². The van der Waals surface area contributed by atoms with Crippen molar-refractivity contribution in [1.82, 2.24) is 9.78 Å². The molecule has 0 radical (unpaired) electrons. The summed E-state index contributed by atoms with van der Waals surface area (Å²) in [6.45, 7) is 5.69. The van der Waals surface area contributed by atoms with Crippen LogP contribution < -0.4 is 5.32 Å². The first-order valence-electron chi connectivity index (χ1n) is 6.14. The molecule has 100 valence electrons. The molecule has 0 aliphatic rings. The molecule has 2 N–H and O–H groups in total. The average molecular weight is 259 g/mol. The number of amides is 1. The number of rotatable bonds is 3. The minimum Gasteiger partial charge on any atom is -0.508 e. The Labute approximate surface area is 111 Å². The van der Waals surface area contributed by atoms with Gasteiger partial charge >= 0.3 is 0 Å². The highest BCUT2D eigenvalue weighted by Gasteiger charge is 2.14. The van der Waals surface area contributed by atoms with E-state index in [2.05, 4.69) is 10.4 Å². The zero-order valence-electron chi connectivity index (χ0n) is 11.2. The highest BCUT2D eigenvalue weighted by Crippen LogP contribution is 2.21. The fourth-order valence-corrected chi connectivity index (χ4v) is 1.88. The third kappa shape index (κ3) is 2.59. The summed E-state index contributed by atoms with van der Waals surface area (Å²) in [6, 6.07) is 6.80. The van der Waals surface area contributed by atoms with Crippen molar-refractivity contribution in [2.24, 2.45) is 0 Å². The highest BCUT2D eigenvalue weighted by atomic mass is 16.3. The third-order valence-electron chi connectivity index (χ3n) is 2.95. The highest BCUT2D eigenvalue weighted by molar-refractivity contribution is 6.05. The first-order valence-corrected chi connectivity index (χ1v) is 6.14. The van der Waals surface area contributed by atoms with E-state index in [0.29, 0.717) is 16.9 Å². The van der Waals surface area contributed by atoms with Gasteiger partial charge in [0.05, 0.1) is 6.20 Å². The van der Waals surface area contributed by atoms with Crippen LogP contribution in [0, 0.1) is 6.92 Å². The lowest BCUT2D eigenvalue weighted by Gasteiger charge is -2.13. The zero-order valence-corrected chi connectivity index (χ0v) is 11.2. The zero-order chi connectivity index (χ0) is 14.0. The molecule has 0 unspecified atom stereocenters. The van der Waals surface area contributed by atoms with Crippen LogP contribution in [0.4, 0.5) is 5.82 Å². The number of aromatic hydroxyl groups is 1. The van der Waals surface area contributed by atoms with Gasteiger partial charge in [-0.1, -0.05) is 6.07 Å². The van der Waals surface area contributed by atoms with Crippen LogP contribution in [0.2, 0.25) is 0 Å². The van der Waals surface area contributed by atoms with Gasteiger partial charge in [-0.05, 0) is 32.9 Å². The molecule has 0 atom stereocenters. The molecule has 19 heavy (non-hydrogen) atoms. The van der Waals surface area contributed by atoms with Gasteiger partial charge in [0.2, 0.25) is 0 Å². The van der Waals surface area contributed by atoms with Crippen LogP contribution in [0.5, 0.6) is 5.75 Å².